The highest BCUT2D eigenvalue weighted by Crippen LogP contribution is 2.43. The first-order valence-electron chi connectivity index (χ1n) is 8.02. The summed E-state index contributed by atoms with van der Waals surface area (Å²) in [6.07, 6.45) is 6.52. The van der Waals surface area contributed by atoms with E-state index < -0.39 is 0 Å². The molecule has 134 valence electrons. The number of thiazole rings is 2. The number of hydrogen-bond donors (Lipinski definition) is 0. The Balaban J connectivity index is 1.78. The van der Waals surface area contributed by atoms with Gasteiger partial charge >= 0.3 is 0 Å². The first-order valence-corrected chi connectivity index (χ1v) is 10.8. The summed E-state index contributed by atoms with van der Waals surface area (Å²) in [6.45, 7) is 2.93. The standard InChI is InChI=1S/C17H17N5OS3/c1-10-14(25-15(19-10)11-5-4-7-18-9-11)16-20-13-12(21-23-2)6-8-22(24-3)17(13)26-16/h4-5,7,9H,6,8H2,1-3H3/b21-12+. The Morgan fingerprint density at radius 1 is 1.27 bits per heavy atom. The Morgan fingerprint density at radius 3 is 2.88 bits per heavy atom. The van der Waals surface area contributed by atoms with Crippen LogP contribution in [0.1, 0.15) is 17.8 Å². The van der Waals surface area contributed by atoms with Crippen molar-refractivity contribution in [1.82, 2.24) is 15.0 Å². The zero-order chi connectivity index (χ0) is 18.1. The lowest BCUT2D eigenvalue weighted by Crippen LogP contribution is -2.25. The van der Waals surface area contributed by atoms with Crippen LogP contribution in [0.3, 0.4) is 0 Å². The largest absolute Gasteiger partial charge is 0.399 e. The molecule has 4 rings (SSSR count). The lowest BCUT2D eigenvalue weighted by molar-refractivity contribution is 0.212. The Kier molecular flexibility index (Phi) is 4.92. The van der Waals surface area contributed by atoms with Gasteiger partial charge in [0.25, 0.3) is 0 Å². The molecule has 0 amide bonds. The summed E-state index contributed by atoms with van der Waals surface area (Å²) in [7, 11) is 1.58. The van der Waals surface area contributed by atoms with Crippen LogP contribution in [-0.4, -0.2) is 40.6 Å². The second-order valence-electron chi connectivity index (χ2n) is 5.60. The van der Waals surface area contributed by atoms with Gasteiger partial charge in [0, 0.05) is 37.2 Å². The highest BCUT2D eigenvalue weighted by molar-refractivity contribution is 8.00. The van der Waals surface area contributed by atoms with E-state index in [2.05, 4.69) is 20.7 Å². The molecule has 0 spiro atoms. The summed E-state index contributed by atoms with van der Waals surface area (Å²) >= 11 is 5.05. The van der Waals surface area contributed by atoms with Gasteiger partial charge in [-0.2, -0.15) is 0 Å². The van der Waals surface area contributed by atoms with Crippen molar-refractivity contribution < 1.29 is 4.84 Å². The molecule has 0 saturated carbocycles. The number of aromatic nitrogens is 3. The summed E-state index contributed by atoms with van der Waals surface area (Å²) in [5, 5.41) is 7.25. The second kappa shape index (κ2) is 7.34. The SMILES string of the molecule is CO/N=C1\CCN(SC)c2sc(-c3sc(-c4cccnc4)nc3C)nc21. The van der Waals surface area contributed by atoms with E-state index in [0.29, 0.717) is 0 Å². The van der Waals surface area contributed by atoms with Gasteiger partial charge in [0.1, 0.15) is 33.5 Å². The average molecular weight is 404 g/mol. The molecule has 0 fully saturated rings. The molecule has 0 saturated heterocycles. The van der Waals surface area contributed by atoms with Crippen LogP contribution in [0, 0.1) is 6.92 Å². The van der Waals surface area contributed by atoms with E-state index in [-0.39, 0.29) is 0 Å². The van der Waals surface area contributed by atoms with Crippen LogP contribution in [0.15, 0.2) is 29.7 Å². The molecular formula is C17H17N5OS3. The Morgan fingerprint density at radius 2 is 2.15 bits per heavy atom. The molecule has 0 radical (unpaired) electrons. The predicted octanol–water partition coefficient (Wildman–Crippen LogP) is 4.48. The van der Waals surface area contributed by atoms with Crippen molar-refractivity contribution in [3.05, 3.63) is 35.9 Å². The fraction of sp³-hybridized carbons (Fsp3) is 0.294. The van der Waals surface area contributed by atoms with Gasteiger partial charge in [-0.1, -0.05) is 28.4 Å². The number of pyridine rings is 1. The van der Waals surface area contributed by atoms with E-state index in [1.165, 1.54) is 0 Å². The van der Waals surface area contributed by atoms with E-state index in [1.54, 1.807) is 47.9 Å². The van der Waals surface area contributed by atoms with E-state index in [1.807, 2.05) is 25.3 Å². The number of aryl methyl sites for hydroxylation is 1. The van der Waals surface area contributed by atoms with Gasteiger partial charge < -0.3 is 9.14 Å². The third-order valence-electron chi connectivity index (χ3n) is 3.98. The molecule has 0 atom stereocenters. The Hall–Kier alpha value is -1.97. The molecule has 0 N–H and O–H groups in total. The van der Waals surface area contributed by atoms with Gasteiger partial charge in [0.15, 0.2) is 0 Å². The van der Waals surface area contributed by atoms with Crippen LogP contribution in [0.5, 0.6) is 0 Å². The highest BCUT2D eigenvalue weighted by atomic mass is 32.2. The summed E-state index contributed by atoms with van der Waals surface area (Å²) in [5.74, 6) is 0. The van der Waals surface area contributed by atoms with Crippen LogP contribution < -0.4 is 4.31 Å². The van der Waals surface area contributed by atoms with E-state index in [0.717, 1.165) is 55.5 Å². The Bertz CT molecular complexity index is 951. The molecule has 6 nitrogen and oxygen atoms in total. The van der Waals surface area contributed by atoms with Crippen molar-refractivity contribution in [3.63, 3.8) is 0 Å². The molecule has 0 bridgehead atoms. The van der Waals surface area contributed by atoms with Crippen molar-refractivity contribution >= 4 is 45.3 Å². The number of hydrogen-bond acceptors (Lipinski definition) is 9. The minimum atomic E-state index is 0.827. The Labute approximate surface area is 164 Å². The van der Waals surface area contributed by atoms with Crippen molar-refractivity contribution in [2.45, 2.75) is 13.3 Å². The minimum Gasteiger partial charge on any atom is -0.399 e. The molecule has 9 heteroatoms. The zero-order valence-electron chi connectivity index (χ0n) is 14.6. The number of rotatable bonds is 4. The topological polar surface area (TPSA) is 63.5 Å². The first-order chi connectivity index (χ1) is 12.7. The molecule has 3 aromatic rings. The van der Waals surface area contributed by atoms with E-state index in [4.69, 9.17) is 14.8 Å². The molecule has 1 aliphatic heterocycles. The number of fused-ring (bicyclic) bond motifs is 1. The summed E-state index contributed by atoms with van der Waals surface area (Å²) < 4.78 is 2.27. The number of oxime groups is 1. The summed E-state index contributed by atoms with van der Waals surface area (Å²) in [4.78, 5) is 19.9. The molecule has 4 heterocycles. The molecule has 26 heavy (non-hydrogen) atoms. The van der Waals surface area contributed by atoms with Crippen LogP contribution in [0.4, 0.5) is 5.00 Å². The van der Waals surface area contributed by atoms with Crippen molar-refractivity contribution in [1.29, 1.82) is 0 Å². The highest BCUT2D eigenvalue weighted by Gasteiger charge is 2.28. The first kappa shape index (κ1) is 17.4. The fourth-order valence-electron chi connectivity index (χ4n) is 2.77. The van der Waals surface area contributed by atoms with Crippen molar-refractivity contribution in [3.8, 4) is 20.5 Å². The van der Waals surface area contributed by atoms with Crippen molar-refractivity contribution in [2.75, 3.05) is 24.2 Å². The molecule has 0 aliphatic carbocycles. The molecule has 0 aromatic carbocycles. The lowest BCUT2D eigenvalue weighted by Gasteiger charge is -2.25. The maximum atomic E-state index is 5.02. The monoisotopic (exact) mass is 403 g/mol. The van der Waals surface area contributed by atoms with Gasteiger partial charge in [-0.15, -0.1) is 11.3 Å². The lowest BCUT2D eigenvalue weighted by atomic mass is 10.1. The van der Waals surface area contributed by atoms with Crippen LogP contribution in [-0.2, 0) is 4.84 Å². The predicted molar refractivity (Wildman–Crippen MR) is 110 cm³/mol. The zero-order valence-corrected chi connectivity index (χ0v) is 17.0. The maximum absolute atomic E-state index is 5.02. The fourth-order valence-corrected chi connectivity index (χ4v) is 5.84. The number of anilines is 1. The average Bonchev–Trinajstić information content (AvgIpc) is 3.27. The number of nitrogens with zero attached hydrogens (tertiary/aromatic N) is 5. The molecule has 0 unspecified atom stereocenters. The van der Waals surface area contributed by atoms with Gasteiger partial charge in [0.2, 0.25) is 0 Å². The normalized spacial score (nSPS) is 15.3. The van der Waals surface area contributed by atoms with Crippen LogP contribution >= 0.6 is 34.6 Å². The smallest absolute Gasteiger partial charge is 0.138 e. The van der Waals surface area contributed by atoms with Gasteiger partial charge in [-0.05, 0) is 19.1 Å². The molecule has 1 aliphatic rings. The van der Waals surface area contributed by atoms with Gasteiger partial charge in [-0.25, -0.2) is 9.97 Å². The second-order valence-corrected chi connectivity index (χ2v) is 8.39. The minimum absolute atomic E-state index is 0.827. The van der Waals surface area contributed by atoms with E-state index in [9.17, 15) is 0 Å². The summed E-state index contributed by atoms with van der Waals surface area (Å²) in [5.41, 5.74) is 3.84. The molecule has 3 aromatic heterocycles. The van der Waals surface area contributed by atoms with Crippen molar-refractivity contribution in [2.24, 2.45) is 5.16 Å². The van der Waals surface area contributed by atoms with Crippen LogP contribution in [0.2, 0.25) is 0 Å². The van der Waals surface area contributed by atoms with Crippen LogP contribution in [0.25, 0.3) is 20.5 Å². The van der Waals surface area contributed by atoms with Gasteiger partial charge in [-0.3, -0.25) is 4.98 Å². The molecular weight excluding hydrogens is 386 g/mol. The third kappa shape index (κ3) is 3.10. The maximum Gasteiger partial charge on any atom is 0.138 e. The van der Waals surface area contributed by atoms with E-state index >= 15 is 0 Å². The van der Waals surface area contributed by atoms with Gasteiger partial charge in [0.05, 0.1) is 10.6 Å². The summed E-state index contributed by atoms with van der Waals surface area (Å²) in [6, 6.07) is 3.96. The third-order valence-corrected chi connectivity index (χ3v) is 7.34. The quantitative estimate of drug-likeness (QED) is 0.473.